The Hall–Kier alpha value is -2.05. The Morgan fingerprint density at radius 3 is 2.74 bits per heavy atom. The number of para-hydroxylation sites is 1. The Balaban J connectivity index is 0.00000264. The summed E-state index contributed by atoms with van der Waals surface area (Å²) in [6, 6.07) is 7.75. The third kappa shape index (κ3) is 4.46. The Morgan fingerprint density at radius 1 is 1.39 bits per heavy atom. The van der Waals surface area contributed by atoms with Gasteiger partial charge in [-0.3, -0.25) is 9.48 Å². The molecule has 2 N–H and O–H groups in total. The van der Waals surface area contributed by atoms with Gasteiger partial charge in [0.05, 0.1) is 12.7 Å². The first-order valence-electron chi connectivity index (χ1n) is 7.19. The SMILES string of the molecule is CNC(C)CNC(=O)c1cn(C)nc1-c1ccccc1OC.Cl. The van der Waals surface area contributed by atoms with Gasteiger partial charge in [0.2, 0.25) is 0 Å². The minimum atomic E-state index is -0.142. The molecule has 0 bridgehead atoms. The number of likely N-dealkylation sites (N-methyl/N-ethyl adjacent to an activating group) is 1. The van der Waals surface area contributed by atoms with Gasteiger partial charge in [0.15, 0.2) is 0 Å². The summed E-state index contributed by atoms with van der Waals surface area (Å²) in [5.41, 5.74) is 1.96. The summed E-state index contributed by atoms with van der Waals surface area (Å²) in [5.74, 6) is 0.551. The molecule has 0 saturated heterocycles. The Morgan fingerprint density at radius 2 is 2.09 bits per heavy atom. The molecule has 2 aromatic rings. The van der Waals surface area contributed by atoms with Crippen molar-refractivity contribution in [2.75, 3.05) is 20.7 Å². The van der Waals surface area contributed by atoms with E-state index in [0.29, 0.717) is 23.6 Å². The Bertz CT molecular complexity index is 657. The van der Waals surface area contributed by atoms with E-state index in [1.807, 2.05) is 38.2 Å². The van der Waals surface area contributed by atoms with Crippen molar-refractivity contribution < 1.29 is 9.53 Å². The molecule has 6 nitrogen and oxygen atoms in total. The van der Waals surface area contributed by atoms with Crippen LogP contribution in [0.1, 0.15) is 17.3 Å². The third-order valence-corrected chi connectivity index (χ3v) is 3.50. The summed E-state index contributed by atoms with van der Waals surface area (Å²) in [6.45, 7) is 2.56. The summed E-state index contributed by atoms with van der Waals surface area (Å²) in [4.78, 5) is 12.4. The molecule has 0 fully saturated rings. The van der Waals surface area contributed by atoms with Gasteiger partial charge in [0.25, 0.3) is 5.91 Å². The number of halogens is 1. The average Bonchev–Trinajstić information content (AvgIpc) is 2.93. The van der Waals surface area contributed by atoms with Crippen molar-refractivity contribution in [3.05, 3.63) is 36.0 Å². The number of aromatic nitrogens is 2. The van der Waals surface area contributed by atoms with Crippen molar-refractivity contribution >= 4 is 18.3 Å². The maximum absolute atomic E-state index is 12.4. The van der Waals surface area contributed by atoms with Gasteiger partial charge in [0.1, 0.15) is 11.4 Å². The Kier molecular flexibility index (Phi) is 7.06. The molecule has 1 aromatic heterocycles. The normalized spacial score (nSPS) is 11.5. The second kappa shape index (κ2) is 8.55. The summed E-state index contributed by atoms with van der Waals surface area (Å²) in [6.07, 6.45) is 1.72. The Labute approximate surface area is 142 Å². The second-order valence-electron chi connectivity index (χ2n) is 5.17. The van der Waals surface area contributed by atoms with E-state index in [4.69, 9.17) is 4.74 Å². The zero-order valence-corrected chi connectivity index (χ0v) is 14.6. The van der Waals surface area contributed by atoms with Crippen molar-refractivity contribution in [2.45, 2.75) is 13.0 Å². The molecule has 0 aliphatic carbocycles. The highest BCUT2D eigenvalue weighted by atomic mass is 35.5. The standard InChI is InChI=1S/C16H22N4O2.ClH/c1-11(17-2)9-18-16(21)13-10-20(3)19-15(13)12-7-5-6-8-14(12)22-4;/h5-8,10-11,17H,9H2,1-4H3,(H,18,21);1H. The minimum absolute atomic E-state index is 0. The van der Waals surface area contributed by atoms with Crippen LogP contribution < -0.4 is 15.4 Å². The fourth-order valence-electron chi connectivity index (χ4n) is 2.14. The lowest BCUT2D eigenvalue weighted by molar-refractivity contribution is 0.0951. The van der Waals surface area contributed by atoms with Gasteiger partial charge >= 0.3 is 0 Å². The zero-order chi connectivity index (χ0) is 16.1. The number of ether oxygens (including phenoxy) is 1. The largest absolute Gasteiger partial charge is 0.496 e. The molecule has 2 rings (SSSR count). The van der Waals surface area contributed by atoms with Crippen LogP contribution in [0, 0.1) is 0 Å². The predicted octanol–water partition coefficient (Wildman–Crippen LogP) is 1.86. The first-order chi connectivity index (χ1) is 10.6. The first-order valence-corrected chi connectivity index (χ1v) is 7.19. The average molecular weight is 339 g/mol. The smallest absolute Gasteiger partial charge is 0.255 e. The van der Waals surface area contributed by atoms with Crippen LogP contribution in [-0.2, 0) is 7.05 Å². The van der Waals surface area contributed by atoms with Crippen molar-refractivity contribution in [3.8, 4) is 17.0 Å². The van der Waals surface area contributed by atoms with Crippen LogP contribution in [0.5, 0.6) is 5.75 Å². The molecule has 0 aliphatic heterocycles. The van der Waals surface area contributed by atoms with E-state index >= 15 is 0 Å². The van der Waals surface area contributed by atoms with E-state index in [9.17, 15) is 4.79 Å². The van der Waals surface area contributed by atoms with E-state index in [1.165, 1.54) is 0 Å². The first kappa shape index (κ1) is 19.0. The van der Waals surface area contributed by atoms with Crippen molar-refractivity contribution in [1.82, 2.24) is 20.4 Å². The lowest BCUT2D eigenvalue weighted by Crippen LogP contribution is -2.37. The van der Waals surface area contributed by atoms with Crippen LogP contribution in [-0.4, -0.2) is 42.4 Å². The number of rotatable bonds is 6. The summed E-state index contributed by atoms with van der Waals surface area (Å²) in [5, 5.41) is 10.4. The van der Waals surface area contributed by atoms with Crippen LogP contribution >= 0.6 is 12.4 Å². The van der Waals surface area contributed by atoms with Gasteiger partial charge in [-0.05, 0) is 26.1 Å². The van der Waals surface area contributed by atoms with E-state index in [2.05, 4.69) is 15.7 Å². The number of hydrogen-bond acceptors (Lipinski definition) is 4. The van der Waals surface area contributed by atoms with Crippen LogP contribution in [0.4, 0.5) is 0 Å². The molecule has 126 valence electrons. The molecule has 7 heteroatoms. The molecule has 23 heavy (non-hydrogen) atoms. The number of hydrogen-bond donors (Lipinski definition) is 2. The lowest BCUT2D eigenvalue weighted by Gasteiger charge is -2.12. The van der Waals surface area contributed by atoms with Gasteiger partial charge < -0.3 is 15.4 Å². The van der Waals surface area contributed by atoms with Crippen LogP contribution in [0.15, 0.2) is 30.5 Å². The number of methoxy groups -OCH3 is 1. The quantitative estimate of drug-likeness (QED) is 0.843. The maximum atomic E-state index is 12.4. The van der Waals surface area contributed by atoms with E-state index < -0.39 is 0 Å². The van der Waals surface area contributed by atoms with Crippen molar-refractivity contribution in [3.63, 3.8) is 0 Å². The fraction of sp³-hybridized carbons (Fsp3) is 0.375. The van der Waals surface area contributed by atoms with Crippen molar-refractivity contribution in [2.24, 2.45) is 7.05 Å². The maximum Gasteiger partial charge on any atom is 0.255 e. The molecule has 0 radical (unpaired) electrons. The lowest BCUT2D eigenvalue weighted by atomic mass is 10.1. The van der Waals surface area contributed by atoms with E-state index in [0.717, 1.165) is 5.56 Å². The van der Waals surface area contributed by atoms with Crippen LogP contribution in [0.25, 0.3) is 11.3 Å². The molecule has 1 heterocycles. The number of carbonyl (C=O) groups excluding carboxylic acids is 1. The monoisotopic (exact) mass is 338 g/mol. The summed E-state index contributed by atoms with van der Waals surface area (Å²) < 4.78 is 7.01. The molecule has 0 aliphatic rings. The second-order valence-corrected chi connectivity index (χ2v) is 5.17. The number of amides is 1. The topological polar surface area (TPSA) is 68.2 Å². The predicted molar refractivity (Wildman–Crippen MR) is 93.3 cm³/mol. The van der Waals surface area contributed by atoms with Crippen LogP contribution in [0.3, 0.4) is 0 Å². The summed E-state index contributed by atoms with van der Waals surface area (Å²) >= 11 is 0. The highest BCUT2D eigenvalue weighted by Crippen LogP contribution is 2.30. The molecular formula is C16H23ClN4O2. The molecule has 0 spiro atoms. The number of carbonyl (C=O) groups is 1. The van der Waals surface area contributed by atoms with Gasteiger partial charge in [-0.25, -0.2) is 0 Å². The zero-order valence-electron chi connectivity index (χ0n) is 13.8. The molecule has 1 unspecified atom stereocenters. The highest BCUT2D eigenvalue weighted by molar-refractivity contribution is 6.00. The number of nitrogens with zero attached hydrogens (tertiary/aromatic N) is 2. The number of benzene rings is 1. The van der Waals surface area contributed by atoms with Gasteiger partial charge in [0, 0.05) is 31.4 Å². The van der Waals surface area contributed by atoms with E-state index in [-0.39, 0.29) is 24.4 Å². The molecular weight excluding hydrogens is 316 g/mol. The summed E-state index contributed by atoms with van der Waals surface area (Å²) in [7, 11) is 5.27. The fourth-order valence-corrected chi connectivity index (χ4v) is 2.14. The minimum Gasteiger partial charge on any atom is -0.496 e. The van der Waals surface area contributed by atoms with Gasteiger partial charge in [-0.15, -0.1) is 12.4 Å². The molecule has 0 saturated carbocycles. The third-order valence-electron chi connectivity index (χ3n) is 3.50. The molecule has 1 aromatic carbocycles. The molecule has 1 atom stereocenters. The molecule has 1 amide bonds. The van der Waals surface area contributed by atoms with Crippen molar-refractivity contribution in [1.29, 1.82) is 0 Å². The van der Waals surface area contributed by atoms with Crippen LogP contribution in [0.2, 0.25) is 0 Å². The van der Waals surface area contributed by atoms with Gasteiger partial charge in [-0.1, -0.05) is 12.1 Å². The van der Waals surface area contributed by atoms with Gasteiger partial charge in [-0.2, -0.15) is 5.10 Å². The van der Waals surface area contributed by atoms with E-state index in [1.54, 1.807) is 25.0 Å². The highest BCUT2D eigenvalue weighted by Gasteiger charge is 2.19. The number of nitrogens with one attached hydrogen (secondary N) is 2. The number of aryl methyl sites for hydroxylation is 1.